The molecule has 1 fully saturated rings. The second-order valence-electron chi connectivity index (χ2n) is 4.27. The van der Waals surface area contributed by atoms with E-state index in [0.717, 1.165) is 19.6 Å². The molecule has 2 atom stereocenters. The molecule has 1 aliphatic heterocycles. The van der Waals surface area contributed by atoms with Crippen molar-refractivity contribution in [2.24, 2.45) is 5.73 Å². The highest BCUT2D eigenvalue weighted by molar-refractivity contribution is 5.75. The highest BCUT2D eigenvalue weighted by Gasteiger charge is 2.23. The molecule has 0 aliphatic carbocycles. The first-order valence-electron chi connectivity index (χ1n) is 5.99. The third kappa shape index (κ3) is 4.47. The SMILES string of the molecule is CCNC(=O)CCN1CCOC(C(C)N)C1. The van der Waals surface area contributed by atoms with Crippen LogP contribution in [0.1, 0.15) is 20.3 Å². The normalized spacial score (nSPS) is 24.1. The Balaban J connectivity index is 2.24. The second kappa shape index (κ2) is 6.83. The average molecular weight is 229 g/mol. The van der Waals surface area contributed by atoms with E-state index >= 15 is 0 Å². The molecule has 0 radical (unpaired) electrons. The molecule has 1 aliphatic rings. The number of nitrogens with two attached hydrogens (primary N) is 1. The summed E-state index contributed by atoms with van der Waals surface area (Å²) < 4.78 is 5.56. The van der Waals surface area contributed by atoms with Crippen LogP contribution in [-0.4, -0.2) is 55.7 Å². The molecular formula is C11H23N3O2. The first kappa shape index (κ1) is 13.4. The molecule has 1 amide bonds. The fraction of sp³-hybridized carbons (Fsp3) is 0.909. The van der Waals surface area contributed by atoms with E-state index in [1.165, 1.54) is 0 Å². The predicted molar refractivity (Wildman–Crippen MR) is 63.1 cm³/mol. The molecule has 2 unspecified atom stereocenters. The monoisotopic (exact) mass is 229 g/mol. The van der Waals surface area contributed by atoms with Crippen LogP contribution in [0, 0.1) is 0 Å². The van der Waals surface area contributed by atoms with Crippen molar-refractivity contribution in [2.45, 2.75) is 32.4 Å². The van der Waals surface area contributed by atoms with Gasteiger partial charge in [-0.25, -0.2) is 0 Å². The standard InChI is InChI=1S/C11H23N3O2/c1-3-13-11(15)4-5-14-6-7-16-10(8-14)9(2)12/h9-10H,3-8,12H2,1-2H3,(H,13,15). The van der Waals surface area contributed by atoms with E-state index in [4.69, 9.17) is 10.5 Å². The van der Waals surface area contributed by atoms with Gasteiger partial charge in [0, 0.05) is 38.6 Å². The molecule has 1 saturated heterocycles. The van der Waals surface area contributed by atoms with E-state index in [2.05, 4.69) is 10.2 Å². The van der Waals surface area contributed by atoms with E-state index in [9.17, 15) is 4.79 Å². The number of amides is 1. The predicted octanol–water partition coefficient (Wildman–Crippen LogP) is -0.439. The van der Waals surface area contributed by atoms with Crippen molar-refractivity contribution in [1.29, 1.82) is 0 Å². The fourth-order valence-corrected chi connectivity index (χ4v) is 1.80. The van der Waals surface area contributed by atoms with Gasteiger partial charge in [-0.1, -0.05) is 0 Å². The van der Waals surface area contributed by atoms with Gasteiger partial charge in [-0.15, -0.1) is 0 Å². The summed E-state index contributed by atoms with van der Waals surface area (Å²) >= 11 is 0. The van der Waals surface area contributed by atoms with Crippen molar-refractivity contribution in [3.05, 3.63) is 0 Å². The summed E-state index contributed by atoms with van der Waals surface area (Å²) in [5.41, 5.74) is 5.80. The van der Waals surface area contributed by atoms with Crippen LogP contribution in [0.15, 0.2) is 0 Å². The maximum Gasteiger partial charge on any atom is 0.221 e. The highest BCUT2D eigenvalue weighted by atomic mass is 16.5. The van der Waals surface area contributed by atoms with Crippen LogP contribution in [-0.2, 0) is 9.53 Å². The van der Waals surface area contributed by atoms with Gasteiger partial charge in [-0.2, -0.15) is 0 Å². The van der Waals surface area contributed by atoms with Crippen molar-refractivity contribution >= 4 is 5.91 Å². The van der Waals surface area contributed by atoms with Gasteiger partial charge in [0.2, 0.25) is 5.91 Å². The Morgan fingerprint density at radius 2 is 2.44 bits per heavy atom. The van der Waals surface area contributed by atoms with Crippen LogP contribution >= 0.6 is 0 Å². The zero-order valence-electron chi connectivity index (χ0n) is 10.2. The van der Waals surface area contributed by atoms with Gasteiger partial charge in [0.15, 0.2) is 0 Å². The second-order valence-corrected chi connectivity index (χ2v) is 4.27. The van der Waals surface area contributed by atoms with E-state index in [1.54, 1.807) is 0 Å². The molecule has 5 heteroatoms. The molecule has 0 bridgehead atoms. The molecule has 1 heterocycles. The van der Waals surface area contributed by atoms with Crippen molar-refractivity contribution in [1.82, 2.24) is 10.2 Å². The number of hydrogen-bond acceptors (Lipinski definition) is 4. The Morgan fingerprint density at radius 1 is 1.69 bits per heavy atom. The van der Waals surface area contributed by atoms with Crippen molar-refractivity contribution < 1.29 is 9.53 Å². The quantitative estimate of drug-likeness (QED) is 0.671. The molecule has 0 aromatic carbocycles. The number of carbonyl (C=O) groups is 1. The summed E-state index contributed by atoms with van der Waals surface area (Å²) in [7, 11) is 0. The number of nitrogens with one attached hydrogen (secondary N) is 1. The molecule has 0 saturated carbocycles. The number of carbonyl (C=O) groups excluding carboxylic acids is 1. The lowest BCUT2D eigenvalue weighted by molar-refractivity contribution is -0.121. The van der Waals surface area contributed by atoms with E-state index in [-0.39, 0.29) is 18.1 Å². The van der Waals surface area contributed by atoms with Gasteiger partial charge in [0.05, 0.1) is 12.7 Å². The zero-order chi connectivity index (χ0) is 12.0. The minimum Gasteiger partial charge on any atom is -0.374 e. The van der Waals surface area contributed by atoms with Crippen LogP contribution in [0.3, 0.4) is 0 Å². The summed E-state index contributed by atoms with van der Waals surface area (Å²) in [6.45, 7) is 7.81. The molecule has 94 valence electrons. The summed E-state index contributed by atoms with van der Waals surface area (Å²) in [6, 6.07) is 0.0484. The third-order valence-electron chi connectivity index (χ3n) is 2.79. The maximum atomic E-state index is 11.3. The first-order valence-corrected chi connectivity index (χ1v) is 5.99. The van der Waals surface area contributed by atoms with Crippen LogP contribution in [0.4, 0.5) is 0 Å². The molecule has 5 nitrogen and oxygen atoms in total. The Morgan fingerprint density at radius 3 is 3.06 bits per heavy atom. The lowest BCUT2D eigenvalue weighted by Gasteiger charge is -2.34. The Hall–Kier alpha value is -0.650. The molecular weight excluding hydrogens is 206 g/mol. The summed E-state index contributed by atoms with van der Waals surface area (Å²) in [5.74, 6) is 0.117. The van der Waals surface area contributed by atoms with Crippen molar-refractivity contribution in [2.75, 3.05) is 32.8 Å². The van der Waals surface area contributed by atoms with Crippen LogP contribution in [0.25, 0.3) is 0 Å². The van der Waals surface area contributed by atoms with Crippen molar-refractivity contribution in [3.63, 3.8) is 0 Å². The maximum absolute atomic E-state index is 11.3. The van der Waals surface area contributed by atoms with Crippen molar-refractivity contribution in [3.8, 4) is 0 Å². The number of morpholine rings is 1. The van der Waals surface area contributed by atoms with Gasteiger partial charge < -0.3 is 15.8 Å². The summed E-state index contributed by atoms with van der Waals surface area (Å²) in [6.07, 6.45) is 0.655. The van der Waals surface area contributed by atoms with Crippen LogP contribution < -0.4 is 11.1 Å². The van der Waals surface area contributed by atoms with Gasteiger partial charge in [-0.3, -0.25) is 9.69 Å². The van der Waals surface area contributed by atoms with Gasteiger partial charge >= 0.3 is 0 Å². The van der Waals surface area contributed by atoms with Gasteiger partial charge in [0.25, 0.3) is 0 Å². The lowest BCUT2D eigenvalue weighted by Crippen LogP contribution is -2.50. The van der Waals surface area contributed by atoms with Crippen LogP contribution in [0.2, 0.25) is 0 Å². The Labute approximate surface area is 97.3 Å². The average Bonchev–Trinajstić information content (AvgIpc) is 2.27. The minimum atomic E-state index is 0.0484. The molecule has 3 N–H and O–H groups in total. The number of hydrogen-bond donors (Lipinski definition) is 2. The molecule has 1 rings (SSSR count). The lowest BCUT2D eigenvalue weighted by atomic mass is 10.1. The van der Waals surface area contributed by atoms with E-state index in [0.29, 0.717) is 19.6 Å². The van der Waals surface area contributed by atoms with Gasteiger partial charge in [0.1, 0.15) is 0 Å². The summed E-state index contributed by atoms with van der Waals surface area (Å²) in [5, 5.41) is 2.80. The molecule has 16 heavy (non-hydrogen) atoms. The Bertz CT molecular complexity index is 221. The Kier molecular flexibility index (Phi) is 5.73. The smallest absolute Gasteiger partial charge is 0.221 e. The topological polar surface area (TPSA) is 67.6 Å². The molecule has 0 aromatic rings. The fourth-order valence-electron chi connectivity index (χ4n) is 1.80. The van der Waals surface area contributed by atoms with E-state index in [1.807, 2.05) is 13.8 Å². The van der Waals surface area contributed by atoms with Crippen LogP contribution in [0.5, 0.6) is 0 Å². The zero-order valence-corrected chi connectivity index (χ0v) is 10.2. The summed E-state index contributed by atoms with van der Waals surface area (Å²) in [4.78, 5) is 13.6. The first-order chi connectivity index (χ1) is 7.63. The minimum absolute atomic E-state index is 0.0484. The third-order valence-corrected chi connectivity index (χ3v) is 2.79. The van der Waals surface area contributed by atoms with E-state index < -0.39 is 0 Å². The molecule has 0 spiro atoms. The van der Waals surface area contributed by atoms with Gasteiger partial charge in [-0.05, 0) is 13.8 Å². The highest BCUT2D eigenvalue weighted by Crippen LogP contribution is 2.07. The molecule has 0 aromatic heterocycles. The largest absolute Gasteiger partial charge is 0.374 e. The number of ether oxygens (including phenoxy) is 1. The number of nitrogens with zero attached hydrogens (tertiary/aromatic N) is 1. The number of rotatable bonds is 5.